The molecule has 0 radical (unpaired) electrons. The van der Waals surface area contributed by atoms with Gasteiger partial charge in [-0.15, -0.1) is 0 Å². The van der Waals surface area contributed by atoms with Gasteiger partial charge < -0.3 is 40.2 Å². The predicted octanol–water partition coefficient (Wildman–Crippen LogP) is 1.65. The van der Waals surface area contributed by atoms with Gasteiger partial charge in [0.1, 0.15) is 17.4 Å². The van der Waals surface area contributed by atoms with Gasteiger partial charge in [-0.05, 0) is 52.5 Å². The first-order chi connectivity index (χ1) is 22.7. The summed E-state index contributed by atoms with van der Waals surface area (Å²) < 4.78 is 10.9. The molecule has 2 heterocycles. The van der Waals surface area contributed by atoms with Crippen molar-refractivity contribution in [2.24, 2.45) is 17.3 Å². The van der Waals surface area contributed by atoms with Crippen LogP contribution in [0.25, 0.3) is 0 Å². The maximum Gasteiger partial charge on any atom is 0.339 e. The first-order valence-electron chi connectivity index (χ1n) is 16.4. The number of ether oxygens (including phenoxy) is 2. The second kappa shape index (κ2) is 17.0. The molecule has 0 aromatic heterocycles. The first-order valence-corrected chi connectivity index (χ1v) is 16.4. The Hall–Kier alpha value is -3.43. The van der Waals surface area contributed by atoms with Gasteiger partial charge in [0.15, 0.2) is 0 Å². The number of aliphatic hydroxyl groups is 3. The van der Waals surface area contributed by atoms with Crippen molar-refractivity contribution in [2.75, 3.05) is 20.7 Å². The third-order valence-electron chi connectivity index (χ3n) is 10.1. The molecule has 6 N–H and O–H groups in total. The van der Waals surface area contributed by atoms with Crippen molar-refractivity contribution < 1.29 is 49.6 Å². The third-order valence-corrected chi connectivity index (χ3v) is 10.1. The van der Waals surface area contributed by atoms with E-state index in [0.29, 0.717) is 11.1 Å². The Kier molecular flexibility index (Phi) is 14.5. The highest BCUT2D eigenvalue weighted by Crippen LogP contribution is 2.54. The molecule has 1 spiro atoms. The summed E-state index contributed by atoms with van der Waals surface area (Å²) in [5.74, 6) is -2.80. The number of nitrogens with zero attached hydrogens (tertiary/aromatic N) is 1. The topological polar surface area (TPSA) is 193 Å². The van der Waals surface area contributed by atoms with Gasteiger partial charge in [-0.3, -0.25) is 9.59 Å². The lowest BCUT2D eigenvalue weighted by molar-refractivity contribution is -1.01. The minimum absolute atomic E-state index is 0.146. The van der Waals surface area contributed by atoms with E-state index < -0.39 is 64.0 Å². The van der Waals surface area contributed by atoms with Gasteiger partial charge in [-0.2, -0.15) is 5.23 Å². The smallest absolute Gasteiger partial charge is 0.339 e. The number of hydrogen-bond donors (Lipinski definition) is 6. The van der Waals surface area contributed by atoms with Crippen LogP contribution < -0.4 is 10.5 Å². The van der Waals surface area contributed by atoms with Crippen molar-refractivity contribution in [3.05, 3.63) is 76.7 Å². The fraction of sp³-hybridized carbons (Fsp3) is 0.583. The van der Waals surface area contributed by atoms with Crippen LogP contribution in [0.15, 0.2) is 71.5 Å². The molecular weight excluding hydrogens is 634 g/mol. The fourth-order valence-corrected chi connectivity index (χ4v) is 6.49. The summed E-state index contributed by atoms with van der Waals surface area (Å²) in [4.78, 5) is 39.8. The van der Waals surface area contributed by atoms with Gasteiger partial charge in [0.05, 0.1) is 29.6 Å². The number of methoxy groups -OCH3 is 1. The normalized spacial score (nSPS) is 28.7. The van der Waals surface area contributed by atoms with E-state index in [2.05, 4.69) is 5.32 Å². The highest BCUT2D eigenvalue weighted by atomic mass is 16.8. The molecule has 2 aliphatic rings. The Balaban J connectivity index is 1.94. The predicted molar refractivity (Wildman–Crippen MR) is 183 cm³/mol. The van der Waals surface area contributed by atoms with E-state index in [1.165, 1.54) is 26.0 Å². The molecule has 13 heteroatoms. The van der Waals surface area contributed by atoms with Crippen LogP contribution >= 0.6 is 0 Å². The highest BCUT2D eigenvalue weighted by Gasteiger charge is 2.80. The molecule has 0 aliphatic carbocycles. The van der Waals surface area contributed by atoms with Gasteiger partial charge >= 0.3 is 5.97 Å². The minimum atomic E-state index is -1.87. The average Bonchev–Trinajstić information content (AvgIpc) is 3.22. The SMILES string of the molecule is CO[C@@H](C[C@@H](C)[C@@H](O)/C=C/C=C/CNC(=O)C(C)(C)[C@H](O)\C(C)=C/C=C\C=C\C(C)=C(/C)[NH+]([O-])O)[C@]1(O)[C@@H](C)C(=O)N(C)[C@]12C(=O)O[C@@H]2C. The number of allylic oxidation sites excluding steroid dienone is 9. The van der Waals surface area contributed by atoms with Crippen LogP contribution in [0, 0.1) is 22.5 Å². The number of hydroxylamine groups is 2. The van der Waals surface area contributed by atoms with Crippen LogP contribution in [0.3, 0.4) is 0 Å². The molecule has 13 nitrogen and oxygen atoms in total. The van der Waals surface area contributed by atoms with Gasteiger partial charge in [-0.25, -0.2) is 10.0 Å². The molecule has 0 saturated carbocycles. The Morgan fingerprint density at radius 3 is 2.33 bits per heavy atom. The lowest BCUT2D eigenvalue weighted by atomic mass is 9.65. The summed E-state index contributed by atoms with van der Waals surface area (Å²) in [5.41, 5.74) is -3.14. The highest BCUT2D eigenvalue weighted by molar-refractivity contribution is 5.99. The van der Waals surface area contributed by atoms with Crippen LogP contribution in [0.2, 0.25) is 0 Å². The standard InChI is InChI=1S/C36H55N3O10/c1-22(26(5)39(46)47)17-13-11-14-18-23(2)30(41)34(7,8)32(43)37-20-16-12-15-19-28(40)24(3)21-29(48-10)36(45)25(4)31(42)38(9)35(36)27(6)49-33(35)44/h11-19,24-25,27-30,39-41,45-46H,20-21H2,1-10H3,(H,37,43)/b14-11-,16-12+,17-13+,19-15+,23-18-,26-22+/t24-,25+,27-,28+,29+,30-,35-,36-/m1/s1. The number of amides is 2. The maximum atomic E-state index is 12.9. The zero-order valence-electron chi connectivity index (χ0n) is 30.3. The van der Waals surface area contributed by atoms with E-state index in [-0.39, 0.29) is 30.5 Å². The van der Waals surface area contributed by atoms with Gasteiger partial charge in [0, 0.05) is 33.2 Å². The number of likely N-dealkylation sites (N-methyl/N-ethyl adjacent to an activating group) is 1. The Bertz CT molecular complexity index is 1400. The Morgan fingerprint density at radius 1 is 1.14 bits per heavy atom. The maximum absolute atomic E-state index is 12.9. The fourth-order valence-electron chi connectivity index (χ4n) is 6.49. The molecular formula is C36H55N3O10. The van der Waals surface area contributed by atoms with E-state index in [9.17, 15) is 34.9 Å². The lowest BCUT2D eigenvalue weighted by Gasteiger charge is -2.55. The summed E-state index contributed by atoms with van der Waals surface area (Å²) in [7, 11) is 2.87. The number of hydrogen-bond acceptors (Lipinski definition) is 10. The van der Waals surface area contributed by atoms with E-state index in [1.54, 1.807) is 103 Å². The van der Waals surface area contributed by atoms with E-state index in [4.69, 9.17) is 14.7 Å². The lowest BCUT2D eigenvalue weighted by Crippen LogP contribution is -3.02. The number of aliphatic hydroxyl groups excluding tert-OH is 2. The summed E-state index contributed by atoms with van der Waals surface area (Å²) >= 11 is 0. The molecule has 2 amide bonds. The van der Waals surface area contributed by atoms with Crippen molar-refractivity contribution in [3.63, 3.8) is 0 Å². The van der Waals surface area contributed by atoms with Gasteiger partial charge in [-0.1, -0.05) is 68.5 Å². The molecule has 0 aromatic rings. The zero-order chi connectivity index (χ0) is 37.5. The number of quaternary nitrogens is 1. The zero-order valence-corrected chi connectivity index (χ0v) is 30.3. The summed E-state index contributed by atoms with van der Waals surface area (Å²) in [6, 6.07) is 0. The molecule has 274 valence electrons. The molecule has 9 atom stereocenters. The molecule has 0 bridgehead atoms. The van der Waals surface area contributed by atoms with Crippen molar-refractivity contribution in [1.29, 1.82) is 0 Å². The minimum Gasteiger partial charge on any atom is -0.595 e. The molecule has 0 aromatic carbocycles. The first kappa shape index (κ1) is 41.7. The van der Waals surface area contributed by atoms with Crippen molar-refractivity contribution in [1.82, 2.24) is 10.2 Å². The quantitative estimate of drug-likeness (QED) is 0.0789. The number of likely N-dealkylation sites (tertiary alicyclic amines) is 1. The molecule has 49 heavy (non-hydrogen) atoms. The van der Waals surface area contributed by atoms with Crippen molar-refractivity contribution in [3.8, 4) is 0 Å². The van der Waals surface area contributed by atoms with Crippen LogP contribution in [0.4, 0.5) is 0 Å². The number of cyclic esters (lactones) is 1. The summed E-state index contributed by atoms with van der Waals surface area (Å²) in [5, 5.41) is 55.5. The number of carbonyl (C=O) groups excluding carboxylic acids is 3. The summed E-state index contributed by atoms with van der Waals surface area (Å²) in [6.45, 7) is 13.4. The molecule has 2 saturated heterocycles. The van der Waals surface area contributed by atoms with Gasteiger partial charge in [0.25, 0.3) is 0 Å². The Morgan fingerprint density at radius 2 is 1.78 bits per heavy atom. The molecule has 2 rings (SSSR count). The van der Waals surface area contributed by atoms with Gasteiger partial charge in [0.2, 0.25) is 17.4 Å². The van der Waals surface area contributed by atoms with E-state index in [0.717, 1.165) is 0 Å². The van der Waals surface area contributed by atoms with Crippen LogP contribution in [0.1, 0.15) is 61.8 Å². The number of nitrogens with one attached hydrogen (secondary N) is 2. The van der Waals surface area contributed by atoms with Crippen molar-refractivity contribution >= 4 is 17.8 Å². The molecule has 1 unspecified atom stereocenters. The second-order valence-corrected chi connectivity index (χ2v) is 13.6. The van der Waals surface area contributed by atoms with Crippen LogP contribution in [-0.2, 0) is 23.9 Å². The third kappa shape index (κ3) is 8.31. The molecule has 2 fully saturated rings. The molecule has 2 aliphatic heterocycles. The van der Waals surface area contributed by atoms with E-state index in [1.807, 2.05) is 0 Å². The number of carbonyl (C=O) groups is 3. The number of rotatable bonds is 16. The van der Waals surface area contributed by atoms with E-state index >= 15 is 0 Å². The average molecular weight is 690 g/mol. The number of esters is 1. The van der Waals surface area contributed by atoms with Crippen LogP contribution in [-0.4, -0.2) is 99.5 Å². The largest absolute Gasteiger partial charge is 0.595 e. The Labute approximate surface area is 289 Å². The van der Waals surface area contributed by atoms with Crippen LogP contribution in [0.5, 0.6) is 0 Å². The van der Waals surface area contributed by atoms with Crippen molar-refractivity contribution in [2.45, 2.75) is 97.4 Å². The summed E-state index contributed by atoms with van der Waals surface area (Å²) in [6.07, 6.45) is 11.4. The monoisotopic (exact) mass is 689 g/mol. The second-order valence-electron chi connectivity index (χ2n) is 13.6.